The summed E-state index contributed by atoms with van der Waals surface area (Å²) >= 11 is 2.08. The number of hydrogen-bond donors (Lipinski definition) is 1. The van der Waals surface area contributed by atoms with Gasteiger partial charge in [-0.1, -0.05) is 32.0 Å². The number of nitrogens with zero attached hydrogens (tertiary/aromatic N) is 1. The molecule has 1 heterocycles. The van der Waals surface area contributed by atoms with E-state index in [0.29, 0.717) is 4.75 Å². The zero-order valence-corrected chi connectivity index (χ0v) is 12.5. The second kappa shape index (κ2) is 5.54. The van der Waals surface area contributed by atoms with Crippen LogP contribution in [0.5, 0.6) is 0 Å². The summed E-state index contributed by atoms with van der Waals surface area (Å²) in [6.45, 7) is 9.01. The zero-order valence-electron chi connectivity index (χ0n) is 11.6. The van der Waals surface area contributed by atoms with Crippen molar-refractivity contribution in [3.05, 3.63) is 29.8 Å². The fourth-order valence-corrected chi connectivity index (χ4v) is 3.52. The first-order valence-electron chi connectivity index (χ1n) is 6.73. The van der Waals surface area contributed by atoms with Crippen LogP contribution in [0.25, 0.3) is 0 Å². The third kappa shape index (κ3) is 3.21. The molecule has 0 aromatic heterocycles. The number of nitrogens with two attached hydrogens (primary N) is 1. The average molecular weight is 264 g/mol. The number of hydrogen-bond acceptors (Lipinski definition) is 3. The van der Waals surface area contributed by atoms with Gasteiger partial charge in [0.2, 0.25) is 0 Å². The standard InChI is InChI=1S/C15H24N2S/c1-12(16)13-6-4-5-7-14(13)17-9-8-15(2,3)18-11-10-17/h4-7,12H,8-11,16H2,1-3H3/t12-/m1/s1. The highest BCUT2D eigenvalue weighted by Crippen LogP contribution is 2.34. The molecule has 1 saturated heterocycles. The van der Waals surface area contributed by atoms with Crippen molar-refractivity contribution in [2.75, 3.05) is 23.7 Å². The number of thioether (sulfide) groups is 1. The van der Waals surface area contributed by atoms with Crippen LogP contribution in [0.3, 0.4) is 0 Å². The Hall–Kier alpha value is -0.670. The first-order valence-corrected chi connectivity index (χ1v) is 7.71. The van der Waals surface area contributed by atoms with Crippen molar-refractivity contribution in [1.29, 1.82) is 0 Å². The Bertz CT molecular complexity index is 401. The third-order valence-corrected chi connectivity index (χ3v) is 4.98. The molecule has 2 N–H and O–H groups in total. The highest BCUT2D eigenvalue weighted by molar-refractivity contribution is 8.00. The van der Waals surface area contributed by atoms with Crippen molar-refractivity contribution >= 4 is 17.4 Å². The molecule has 1 aromatic rings. The molecule has 0 saturated carbocycles. The summed E-state index contributed by atoms with van der Waals surface area (Å²) < 4.78 is 0.401. The molecule has 1 fully saturated rings. The Morgan fingerprint density at radius 1 is 1.28 bits per heavy atom. The van der Waals surface area contributed by atoms with Crippen LogP contribution in [-0.2, 0) is 0 Å². The molecule has 0 bridgehead atoms. The second-order valence-electron chi connectivity index (χ2n) is 5.69. The molecule has 2 nitrogen and oxygen atoms in total. The van der Waals surface area contributed by atoms with Gasteiger partial charge in [0.05, 0.1) is 0 Å². The summed E-state index contributed by atoms with van der Waals surface area (Å²) in [5.41, 5.74) is 8.67. The summed E-state index contributed by atoms with van der Waals surface area (Å²) in [4.78, 5) is 2.50. The van der Waals surface area contributed by atoms with Crippen LogP contribution in [0.2, 0.25) is 0 Å². The minimum Gasteiger partial charge on any atom is -0.370 e. The van der Waals surface area contributed by atoms with E-state index < -0.39 is 0 Å². The highest BCUT2D eigenvalue weighted by atomic mass is 32.2. The van der Waals surface area contributed by atoms with E-state index in [-0.39, 0.29) is 6.04 Å². The van der Waals surface area contributed by atoms with Gasteiger partial charge in [0.25, 0.3) is 0 Å². The summed E-state index contributed by atoms with van der Waals surface area (Å²) in [5, 5.41) is 0. The van der Waals surface area contributed by atoms with E-state index >= 15 is 0 Å². The maximum absolute atomic E-state index is 6.08. The molecule has 1 atom stereocenters. The van der Waals surface area contributed by atoms with Gasteiger partial charge in [-0.05, 0) is 25.0 Å². The Labute approximate surface area is 115 Å². The molecule has 1 aromatic carbocycles. The van der Waals surface area contributed by atoms with Crippen molar-refractivity contribution < 1.29 is 0 Å². The lowest BCUT2D eigenvalue weighted by molar-refractivity contribution is 0.635. The molecule has 3 heteroatoms. The summed E-state index contributed by atoms with van der Waals surface area (Å²) in [6.07, 6.45) is 1.23. The molecule has 100 valence electrons. The lowest BCUT2D eigenvalue weighted by atomic mass is 10.0. The van der Waals surface area contributed by atoms with Gasteiger partial charge in [-0.2, -0.15) is 11.8 Å². The molecule has 0 unspecified atom stereocenters. The van der Waals surface area contributed by atoms with Gasteiger partial charge in [-0.25, -0.2) is 0 Å². The van der Waals surface area contributed by atoms with E-state index in [9.17, 15) is 0 Å². The molecule has 0 amide bonds. The van der Waals surface area contributed by atoms with Crippen molar-refractivity contribution in [1.82, 2.24) is 0 Å². The van der Waals surface area contributed by atoms with Crippen molar-refractivity contribution in [3.63, 3.8) is 0 Å². The van der Waals surface area contributed by atoms with Crippen LogP contribution in [-0.4, -0.2) is 23.6 Å². The minimum atomic E-state index is 0.102. The maximum atomic E-state index is 6.08. The number of anilines is 1. The fraction of sp³-hybridized carbons (Fsp3) is 0.600. The van der Waals surface area contributed by atoms with Gasteiger partial charge in [-0.15, -0.1) is 0 Å². The Balaban J connectivity index is 2.21. The number of benzene rings is 1. The van der Waals surface area contributed by atoms with Gasteiger partial charge < -0.3 is 10.6 Å². The van der Waals surface area contributed by atoms with Crippen LogP contribution in [0.15, 0.2) is 24.3 Å². The van der Waals surface area contributed by atoms with E-state index in [1.165, 1.54) is 23.4 Å². The summed E-state index contributed by atoms with van der Waals surface area (Å²) in [7, 11) is 0. The molecule has 2 rings (SSSR count). The minimum absolute atomic E-state index is 0.102. The third-order valence-electron chi connectivity index (χ3n) is 3.61. The highest BCUT2D eigenvalue weighted by Gasteiger charge is 2.24. The van der Waals surface area contributed by atoms with Crippen molar-refractivity contribution in [2.24, 2.45) is 5.73 Å². The van der Waals surface area contributed by atoms with Gasteiger partial charge in [0.1, 0.15) is 0 Å². The number of rotatable bonds is 2. The van der Waals surface area contributed by atoms with Crippen LogP contribution in [0.4, 0.5) is 5.69 Å². The zero-order chi connectivity index (χ0) is 13.2. The Kier molecular flexibility index (Phi) is 4.23. The predicted octanol–water partition coefficient (Wildman–Crippen LogP) is 3.43. The van der Waals surface area contributed by atoms with E-state index in [0.717, 1.165) is 13.1 Å². The maximum Gasteiger partial charge on any atom is 0.0414 e. The van der Waals surface area contributed by atoms with Gasteiger partial charge in [0, 0.05) is 35.3 Å². The van der Waals surface area contributed by atoms with E-state index in [1.807, 2.05) is 0 Å². The molecule has 0 aliphatic carbocycles. The van der Waals surface area contributed by atoms with Crippen molar-refractivity contribution in [3.8, 4) is 0 Å². The molecule has 18 heavy (non-hydrogen) atoms. The second-order valence-corrected chi connectivity index (χ2v) is 7.49. The van der Waals surface area contributed by atoms with Crippen molar-refractivity contribution in [2.45, 2.75) is 38.0 Å². The quantitative estimate of drug-likeness (QED) is 0.887. The summed E-state index contributed by atoms with van der Waals surface area (Å²) in [5.74, 6) is 1.19. The SMILES string of the molecule is C[C@@H](N)c1ccccc1N1CCSC(C)(C)CC1. The molecule has 0 spiro atoms. The predicted molar refractivity (Wildman–Crippen MR) is 82.4 cm³/mol. The van der Waals surface area contributed by atoms with Gasteiger partial charge in [-0.3, -0.25) is 0 Å². The van der Waals surface area contributed by atoms with Crippen LogP contribution >= 0.6 is 11.8 Å². The number of para-hydroxylation sites is 1. The largest absolute Gasteiger partial charge is 0.370 e. The van der Waals surface area contributed by atoms with Crippen LogP contribution in [0.1, 0.15) is 38.8 Å². The monoisotopic (exact) mass is 264 g/mol. The first kappa shape index (κ1) is 13.8. The van der Waals surface area contributed by atoms with Gasteiger partial charge >= 0.3 is 0 Å². The smallest absolute Gasteiger partial charge is 0.0414 e. The van der Waals surface area contributed by atoms with Crippen LogP contribution in [0, 0.1) is 0 Å². The van der Waals surface area contributed by atoms with Gasteiger partial charge in [0.15, 0.2) is 0 Å². The normalized spacial score (nSPS) is 21.4. The molecular weight excluding hydrogens is 240 g/mol. The fourth-order valence-electron chi connectivity index (χ4n) is 2.42. The molecule has 1 aliphatic heterocycles. The van der Waals surface area contributed by atoms with Crippen LogP contribution < -0.4 is 10.6 Å². The van der Waals surface area contributed by atoms with E-state index in [1.54, 1.807) is 0 Å². The Morgan fingerprint density at radius 2 is 2.00 bits per heavy atom. The Morgan fingerprint density at radius 3 is 2.72 bits per heavy atom. The topological polar surface area (TPSA) is 29.3 Å². The summed E-state index contributed by atoms with van der Waals surface area (Å²) in [6, 6.07) is 8.67. The first-order chi connectivity index (χ1) is 8.49. The lowest BCUT2D eigenvalue weighted by Crippen LogP contribution is -2.28. The molecule has 1 aliphatic rings. The average Bonchev–Trinajstić information content (AvgIpc) is 2.50. The van der Waals surface area contributed by atoms with E-state index in [4.69, 9.17) is 5.73 Å². The molecule has 0 radical (unpaired) electrons. The lowest BCUT2D eigenvalue weighted by Gasteiger charge is -2.27. The van der Waals surface area contributed by atoms with E-state index in [2.05, 4.69) is 61.7 Å². The molecular formula is C15H24N2S.